The Kier molecular flexibility index (Phi) is 2.73. The van der Waals surface area contributed by atoms with Crippen LogP contribution in [0.1, 0.15) is 11.3 Å². The molecule has 0 atom stereocenters. The normalized spacial score (nSPS) is 11.4. The van der Waals surface area contributed by atoms with Gasteiger partial charge in [0.05, 0.1) is 17.7 Å². The molecule has 1 rings (SSSR count). The van der Waals surface area contributed by atoms with Crippen molar-refractivity contribution in [1.82, 2.24) is 4.98 Å². The lowest BCUT2D eigenvalue weighted by Gasteiger charge is -2.05. The molecule has 0 aliphatic rings. The fraction of sp³-hybridized carbons (Fsp3) is 0.250. The molecule has 1 heterocycles. The molecule has 0 aromatic carbocycles. The number of carboxylic acid groups (broad SMARTS) is 1. The Bertz CT molecular complexity index is 331. The second-order valence-electron chi connectivity index (χ2n) is 2.61. The molecule has 0 saturated carbocycles. The van der Waals surface area contributed by atoms with Crippen LogP contribution in [0.5, 0.6) is 0 Å². The van der Waals surface area contributed by atoms with Gasteiger partial charge in [-0.1, -0.05) is 0 Å². The summed E-state index contributed by atoms with van der Waals surface area (Å²) in [5, 5.41) is 8.33. The van der Waals surface area contributed by atoms with Crippen LogP contribution in [0.2, 0.25) is 0 Å². The first-order valence-electron chi connectivity index (χ1n) is 3.63. The number of hydrogen-bond acceptors (Lipinski definition) is 2. The molecule has 0 fully saturated rings. The lowest BCUT2D eigenvalue weighted by molar-refractivity contribution is -0.137. The molecule has 1 aromatic heterocycles. The van der Waals surface area contributed by atoms with E-state index in [1.165, 1.54) is 0 Å². The largest absolute Gasteiger partial charge is 0.481 e. The monoisotopic (exact) mass is 205 g/mol. The van der Waals surface area contributed by atoms with Crippen LogP contribution < -0.4 is 0 Å². The van der Waals surface area contributed by atoms with Gasteiger partial charge in [0.25, 0.3) is 0 Å². The van der Waals surface area contributed by atoms with Crippen molar-refractivity contribution in [2.45, 2.75) is 12.6 Å². The van der Waals surface area contributed by atoms with Gasteiger partial charge in [-0.15, -0.1) is 0 Å². The van der Waals surface area contributed by atoms with E-state index in [2.05, 4.69) is 4.98 Å². The van der Waals surface area contributed by atoms with Crippen molar-refractivity contribution in [3.8, 4) is 0 Å². The third-order valence-electron chi connectivity index (χ3n) is 1.48. The number of nitrogens with zero attached hydrogens (tertiary/aromatic N) is 1. The number of carbonyl (C=O) groups is 1. The summed E-state index contributed by atoms with van der Waals surface area (Å²) in [6.45, 7) is 0. The minimum absolute atomic E-state index is 0.102. The van der Waals surface area contributed by atoms with Crippen LogP contribution in [-0.2, 0) is 17.4 Å². The maximum Gasteiger partial charge on any atom is 0.417 e. The van der Waals surface area contributed by atoms with Crippen molar-refractivity contribution < 1.29 is 23.1 Å². The SMILES string of the molecule is O=C(O)Cc1ccc(C(F)(F)F)cn1. The first-order valence-corrected chi connectivity index (χ1v) is 3.63. The average molecular weight is 205 g/mol. The summed E-state index contributed by atoms with van der Waals surface area (Å²) in [6.07, 6.45) is -4.19. The van der Waals surface area contributed by atoms with Gasteiger partial charge in [-0.05, 0) is 12.1 Å². The molecular weight excluding hydrogens is 199 g/mol. The Labute approximate surface area is 77.2 Å². The third kappa shape index (κ3) is 2.72. The number of rotatable bonds is 2. The topological polar surface area (TPSA) is 50.2 Å². The van der Waals surface area contributed by atoms with Crippen molar-refractivity contribution >= 4 is 5.97 Å². The number of pyridine rings is 1. The van der Waals surface area contributed by atoms with Crippen molar-refractivity contribution in [2.24, 2.45) is 0 Å². The number of aliphatic carboxylic acids is 1. The van der Waals surface area contributed by atoms with Crippen molar-refractivity contribution in [3.63, 3.8) is 0 Å². The Morgan fingerprint density at radius 3 is 2.43 bits per heavy atom. The Morgan fingerprint density at radius 1 is 1.43 bits per heavy atom. The molecule has 1 aromatic rings. The van der Waals surface area contributed by atoms with E-state index in [0.717, 1.165) is 12.1 Å². The summed E-state index contributed by atoms with van der Waals surface area (Å²) < 4.78 is 36.1. The van der Waals surface area contributed by atoms with E-state index in [4.69, 9.17) is 5.11 Å². The summed E-state index contributed by atoms with van der Waals surface area (Å²) in [5.41, 5.74) is -0.780. The molecule has 0 unspecified atom stereocenters. The van der Waals surface area contributed by atoms with Gasteiger partial charge in [0, 0.05) is 6.20 Å². The molecular formula is C8H6F3NO2. The first kappa shape index (κ1) is 10.5. The predicted octanol–water partition coefficient (Wildman–Crippen LogP) is 1.73. The number of carboxylic acids is 1. The van der Waals surface area contributed by atoms with Crippen LogP contribution in [0.25, 0.3) is 0 Å². The molecule has 0 aliphatic heterocycles. The quantitative estimate of drug-likeness (QED) is 0.799. The molecule has 0 spiro atoms. The lowest BCUT2D eigenvalue weighted by Crippen LogP contribution is -2.07. The summed E-state index contributed by atoms with van der Waals surface area (Å²) >= 11 is 0. The summed E-state index contributed by atoms with van der Waals surface area (Å²) in [6, 6.07) is 1.86. The van der Waals surface area contributed by atoms with Gasteiger partial charge in [-0.25, -0.2) is 0 Å². The van der Waals surface area contributed by atoms with Crippen LogP contribution in [0, 0.1) is 0 Å². The molecule has 6 heteroatoms. The number of hydrogen-bond donors (Lipinski definition) is 1. The van der Waals surface area contributed by atoms with Crippen LogP contribution in [0.4, 0.5) is 13.2 Å². The Balaban J connectivity index is 2.84. The van der Waals surface area contributed by atoms with Crippen molar-refractivity contribution in [3.05, 3.63) is 29.6 Å². The van der Waals surface area contributed by atoms with E-state index >= 15 is 0 Å². The first-order chi connectivity index (χ1) is 6.39. The fourth-order valence-corrected chi connectivity index (χ4v) is 0.852. The van der Waals surface area contributed by atoms with Gasteiger partial charge in [-0.3, -0.25) is 9.78 Å². The van der Waals surface area contributed by atoms with Crippen molar-refractivity contribution in [1.29, 1.82) is 0 Å². The minimum atomic E-state index is -4.44. The number of halogens is 3. The number of alkyl halides is 3. The van der Waals surface area contributed by atoms with Crippen LogP contribution in [0.15, 0.2) is 18.3 Å². The van der Waals surface area contributed by atoms with E-state index in [9.17, 15) is 18.0 Å². The highest BCUT2D eigenvalue weighted by Crippen LogP contribution is 2.28. The zero-order valence-electron chi connectivity index (χ0n) is 6.88. The molecule has 14 heavy (non-hydrogen) atoms. The van der Waals surface area contributed by atoms with Crippen LogP contribution in [0.3, 0.4) is 0 Å². The van der Waals surface area contributed by atoms with Crippen LogP contribution >= 0.6 is 0 Å². The van der Waals surface area contributed by atoms with E-state index in [1.807, 2.05) is 0 Å². The molecule has 76 valence electrons. The Hall–Kier alpha value is -1.59. The smallest absolute Gasteiger partial charge is 0.417 e. The standard InChI is InChI=1S/C8H6F3NO2/c9-8(10,11)5-1-2-6(12-4-5)3-7(13)14/h1-2,4H,3H2,(H,13,14). The Morgan fingerprint density at radius 2 is 2.07 bits per heavy atom. The second kappa shape index (κ2) is 3.65. The molecule has 0 radical (unpaired) electrons. The van der Waals surface area contributed by atoms with E-state index in [1.54, 1.807) is 0 Å². The van der Waals surface area contributed by atoms with Gasteiger partial charge in [0.15, 0.2) is 0 Å². The lowest BCUT2D eigenvalue weighted by atomic mass is 10.2. The van der Waals surface area contributed by atoms with Crippen molar-refractivity contribution in [2.75, 3.05) is 0 Å². The van der Waals surface area contributed by atoms with Gasteiger partial charge in [0.2, 0.25) is 0 Å². The van der Waals surface area contributed by atoms with Gasteiger partial charge in [-0.2, -0.15) is 13.2 Å². The molecule has 0 amide bonds. The molecule has 0 aliphatic carbocycles. The summed E-state index contributed by atoms with van der Waals surface area (Å²) in [5.74, 6) is -1.13. The highest BCUT2D eigenvalue weighted by atomic mass is 19.4. The van der Waals surface area contributed by atoms with E-state index in [-0.39, 0.29) is 12.1 Å². The minimum Gasteiger partial charge on any atom is -0.481 e. The summed E-state index contributed by atoms with van der Waals surface area (Å²) in [7, 11) is 0. The zero-order valence-corrected chi connectivity index (χ0v) is 6.88. The van der Waals surface area contributed by atoms with E-state index < -0.39 is 17.7 Å². The number of aromatic nitrogens is 1. The maximum absolute atomic E-state index is 12.0. The molecule has 0 saturated heterocycles. The van der Waals surface area contributed by atoms with Gasteiger partial charge in [0.1, 0.15) is 0 Å². The molecule has 3 nitrogen and oxygen atoms in total. The summed E-state index contributed by atoms with van der Waals surface area (Å²) in [4.78, 5) is 13.6. The highest BCUT2D eigenvalue weighted by Gasteiger charge is 2.30. The highest BCUT2D eigenvalue weighted by molar-refractivity contribution is 5.69. The predicted molar refractivity (Wildman–Crippen MR) is 40.6 cm³/mol. The molecule has 1 N–H and O–H groups in total. The second-order valence-corrected chi connectivity index (χ2v) is 2.61. The van der Waals surface area contributed by atoms with Gasteiger partial charge < -0.3 is 5.11 Å². The third-order valence-corrected chi connectivity index (χ3v) is 1.48. The average Bonchev–Trinajstić information content (AvgIpc) is 2.02. The van der Waals surface area contributed by atoms with E-state index in [0.29, 0.717) is 6.20 Å². The maximum atomic E-state index is 12.0. The zero-order chi connectivity index (χ0) is 10.8. The van der Waals surface area contributed by atoms with Crippen LogP contribution in [-0.4, -0.2) is 16.1 Å². The fourth-order valence-electron chi connectivity index (χ4n) is 0.852. The van der Waals surface area contributed by atoms with Gasteiger partial charge >= 0.3 is 12.1 Å². The molecule has 0 bridgehead atoms.